The maximum absolute atomic E-state index is 12.1. The molecule has 0 aromatic heterocycles. The summed E-state index contributed by atoms with van der Waals surface area (Å²) in [6.45, 7) is 0. The molecular formula is C18H21N3O3. The highest BCUT2D eigenvalue weighted by Crippen LogP contribution is 2.23. The number of nitrogens with zero attached hydrogens (tertiary/aromatic N) is 1. The first kappa shape index (κ1) is 17.3. The number of likely N-dealkylation sites (N-methyl/N-ethyl adjacent to an activating group) is 1. The normalized spacial score (nSPS) is 9.96. The standard InChI is InChI=1S/C18H21N3O3/c1-21(2)17(22)12-13-8-10-14(11-9-13)19-18(23)20-15-6-4-5-7-16(15)24-3/h4-11H,12H2,1-3H3,(H2,19,20,23). The molecule has 0 aliphatic heterocycles. The van der Waals surface area contributed by atoms with Crippen LogP contribution in [0.1, 0.15) is 5.56 Å². The van der Waals surface area contributed by atoms with E-state index in [-0.39, 0.29) is 11.9 Å². The Bertz CT molecular complexity index is 712. The van der Waals surface area contributed by atoms with Crippen LogP contribution in [0.25, 0.3) is 0 Å². The Morgan fingerprint density at radius 2 is 1.67 bits per heavy atom. The van der Waals surface area contributed by atoms with E-state index in [1.54, 1.807) is 50.4 Å². The van der Waals surface area contributed by atoms with Crippen molar-refractivity contribution in [1.82, 2.24) is 4.90 Å². The topological polar surface area (TPSA) is 70.7 Å². The molecule has 0 radical (unpaired) electrons. The van der Waals surface area contributed by atoms with Gasteiger partial charge in [-0.2, -0.15) is 0 Å². The van der Waals surface area contributed by atoms with Crippen LogP contribution in [-0.2, 0) is 11.2 Å². The molecule has 0 heterocycles. The van der Waals surface area contributed by atoms with Crippen LogP contribution >= 0.6 is 0 Å². The van der Waals surface area contributed by atoms with Crippen molar-refractivity contribution in [2.45, 2.75) is 6.42 Å². The number of carbonyl (C=O) groups excluding carboxylic acids is 2. The molecule has 0 saturated heterocycles. The van der Waals surface area contributed by atoms with Gasteiger partial charge >= 0.3 is 6.03 Å². The lowest BCUT2D eigenvalue weighted by molar-refractivity contribution is -0.127. The second-order valence-electron chi connectivity index (χ2n) is 5.44. The Labute approximate surface area is 141 Å². The summed E-state index contributed by atoms with van der Waals surface area (Å²) in [6.07, 6.45) is 0.334. The molecule has 24 heavy (non-hydrogen) atoms. The Kier molecular flexibility index (Phi) is 5.78. The van der Waals surface area contributed by atoms with Crippen molar-refractivity contribution in [1.29, 1.82) is 0 Å². The van der Waals surface area contributed by atoms with Gasteiger partial charge in [0.05, 0.1) is 19.2 Å². The first-order chi connectivity index (χ1) is 11.5. The molecule has 2 rings (SSSR count). The van der Waals surface area contributed by atoms with E-state index in [1.165, 1.54) is 0 Å². The molecule has 2 N–H and O–H groups in total. The minimum atomic E-state index is -0.364. The Morgan fingerprint density at radius 3 is 2.29 bits per heavy atom. The van der Waals surface area contributed by atoms with Gasteiger partial charge in [-0.1, -0.05) is 24.3 Å². The van der Waals surface area contributed by atoms with Crippen molar-refractivity contribution in [3.63, 3.8) is 0 Å². The van der Waals surface area contributed by atoms with Crippen molar-refractivity contribution in [3.8, 4) is 5.75 Å². The van der Waals surface area contributed by atoms with Gasteiger partial charge < -0.3 is 20.3 Å². The van der Waals surface area contributed by atoms with Crippen molar-refractivity contribution < 1.29 is 14.3 Å². The number of urea groups is 1. The lowest BCUT2D eigenvalue weighted by atomic mass is 10.1. The molecular weight excluding hydrogens is 306 g/mol. The number of carbonyl (C=O) groups is 2. The average Bonchev–Trinajstić information content (AvgIpc) is 2.57. The number of amides is 3. The van der Waals surface area contributed by atoms with Gasteiger partial charge in [-0.05, 0) is 29.8 Å². The first-order valence-electron chi connectivity index (χ1n) is 7.49. The number of methoxy groups -OCH3 is 1. The summed E-state index contributed by atoms with van der Waals surface area (Å²) < 4.78 is 5.19. The van der Waals surface area contributed by atoms with E-state index >= 15 is 0 Å². The third-order valence-corrected chi connectivity index (χ3v) is 3.42. The Hall–Kier alpha value is -3.02. The summed E-state index contributed by atoms with van der Waals surface area (Å²) in [5.74, 6) is 0.620. The van der Waals surface area contributed by atoms with E-state index < -0.39 is 0 Å². The van der Waals surface area contributed by atoms with E-state index in [1.807, 2.05) is 24.3 Å². The second kappa shape index (κ2) is 8.01. The molecule has 3 amide bonds. The number of ether oxygens (including phenoxy) is 1. The molecule has 0 spiro atoms. The highest BCUT2D eigenvalue weighted by molar-refractivity contribution is 6.00. The fourth-order valence-corrected chi connectivity index (χ4v) is 2.07. The lowest BCUT2D eigenvalue weighted by Gasteiger charge is -2.12. The maximum atomic E-state index is 12.1. The van der Waals surface area contributed by atoms with Crippen molar-refractivity contribution in [2.75, 3.05) is 31.8 Å². The second-order valence-corrected chi connectivity index (χ2v) is 5.44. The van der Waals surface area contributed by atoms with Gasteiger partial charge in [-0.25, -0.2) is 4.79 Å². The number of para-hydroxylation sites is 2. The van der Waals surface area contributed by atoms with Gasteiger partial charge in [0, 0.05) is 19.8 Å². The fraction of sp³-hybridized carbons (Fsp3) is 0.222. The molecule has 2 aromatic rings. The number of hydrogen-bond donors (Lipinski definition) is 2. The van der Waals surface area contributed by atoms with Crippen molar-refractivity contribution >= 4 is 23.3 Å². The molecule has 6 nitrogen and oxygen atoms in total. The summed E-state index contributed by atoms with van der Waals surface area (Å²) in [6, 6.07) is 14.0. The molecule has 2 aromatic carbocycles. The molecule has 0 aliphatic carbocycles. The summed E-state index contributed by atoms with van der Waals surface area (Å²) >= 11 is 0. The molecule has 6 heteroatoms. The number of nitrogens with one attached hydrogen (secondary N) is 2. The number of benzene rings is 2. The van der Waals surface area contributed by atoms with Crippen LogP contribution in [0.4, 0.5) is 16.2 Å². The zero-order valence-corrected chi connectivity index (χ0v) is 14.0. The van der Waals surface area contributed by atoms with E-state index in [9.17, 15) is 9.59 Å². The van der Waals surface area contributed by atoms with E-state index in [0.29, 0.717) is 23.5 Å². The zero-order valence-electron chi connectivity index (χ0n) is 14.0. The molecule has 0 atom stereocenters. The zero-order chi connectivity index (χ0) is 17.5. The quantitative estimate of drug-likeness (QED) is 0.887. The summed E-state index contributed by atoms with van der Waals surface area (Å²) in [7, 11) is 4.99. The number of rotatable bonds is 5. The molecule has 0 aliphatic rings. The first-order valence-corrected chi connectivity index (χ1v) is 7.49. The van der Waals surface area contributed by atoms with Gasteiger partial charge in [0.2, 0.25) is 5.91 Å². The van der Waals surface area contributed by atoms with E-state index in [0.717, 1.165) is 5.56 Å². The fourth-order valence-electron chi connectivity index (χ4n) is 2.07. The van der Waals surface area contributed by atoms with Crippen LogP contribution in [0.3, 0.4) is 0 Å². The van der Waals surface area contributed by atoms with E-state index in [4.69, 9.17) is 4.74 Å². The van der Waals surface area contributed by atoms with Crippen LogP contribution < -0.4 is 15.4 Å². The van der Waals surface area contributed by atoms with Gasteiger partial charge in [-0.3, -0.25) is 4.79 Å². The molecule has 0 unspecified atom stereocenters. The number of hydrogen-bond acceptors (Lipinski definition) is 3. The van der Waals surface area contributed by atoms with Crippen LogP contribution in [0, 0.1) is 0 Å². The SMILES string of the molecule is COc1ccccc1NC(=O)Nc1ccc(CC(=O)N(C)C)cc1. The summed E-state index contributed by atoms with van der Waals surface area (Å²) in [5, 5.41) is 5.48. The van der Waals surface area contributed by atoms with Crippen LogP contribution in [0.2, 0.25) is 0 Å². The van der Waals surface area contributed by atoms with Crippen molar-refractivity contribution in [2.24, 2.45) is 0 Å². The van der Waals surface area contributed by atoms with Gasteiger partial charge in [0.1, 0.15) is 5.75 Å². The smallest absolute Gasteiger partial charge is 0.323 e. The third-order valence-electron chi connectivity index (χ3n) is 3.42. The largest absolute Gasteiger partial charge is 0.495 e. The van der Waals surface area contributed by atoms with Gasteiger partial charge in [0.15, 0.2) is 0 Å². The molecule has 126 valence electrons. The third kappa shape index (κ3) is 4.74. The Morgan fingerprint density at radius 1 is 1.00 bits per heavy atom. The minimum absolute atomic E-state index is 0.0321. The van der Waals surface area contributed by atoms with Gasteiger partial charge in [-0.15, -0.1) is 0 Å². The molecule has 0 fully saturated rings. The number of anilines is 2. The van der Waals surface area contributed by atoms with Crippen LogP contribution in [0.15, 0.2) is 48.5 Å². The van der Waals surface area contributed by atoms with Gasteiger partial charge in [0.25, 0.3) is 0 Å². The molecule has 0 bridgehead atoms. The molecule has 0 saturated carbocycles. The predicted octanol–water partition coefficient (Wildman–Crippen LogP) is 2.97. The highest BCUT2D eigenvalue weighted by atomic mass is 16.5. The van der Waals surface area contributed by atoms with Crippen molar-refractivity contribution in [3.05, 3.63) is 54.1 Å². The van der Waals surface area contributed by atoms with E-state index in [2.05, 4.69) is 10.6 Å². The summed E-state index contributed by atoms with van der Waals surface area (Å²) in [5.41, 5.74) is 2.12. The minimum Gasteiger partial charge on any atom is -0.495 e. The average molecular weight is 327 g/mol. The summed E-state index contributed by atoms with van der Waals surface area (Å²) in [4.78, 5) is 25.3. The Balaban J connectivity index is 1.96. The highest BCUT2D eigenvalue weighted by Gasteiger charge is 2.08. The predicted molar refractivity (Wildman–Crippen MR) is 94.5 cm³/mol. The monoisotopic (exact) mass is 327 g/mol. The van der Waals surface area contributed by atoms with Crippen LogP contribution in [-0.4, -0.2) is 38.0 Å². The van der Waals surface area contributed by atoms with Crippen LogP contribution in [0.5, 0.6) is 5.75 Å². The lowest BCUT2D eigenvalue weighted by Crippen LogP contribution is -2.23. The maximum Gasteiger partial charge on any atom is 0.323 e.